The van der Waals surface area contributed by atoms with Crippen LogP contribution in [0.2, 0.25) is 0 Å². The summed E-state index contributed by atoms with van der Waals surface area (Å²) < 4.78 is 0. The van der Waals surface area contributed by atoms with Gasteiger partial charge in [0, 0.05) is 13.1 Å². The summed E-state index contributed by atoms with van der Waals surface area (Å²) in [6.45, 7) is 5.12. The Hall–Kier alpha value is -2.64. The lowest BCUT2D eigenvalue weighted by Gasteiger charge is -2.40. The number of carboxylic acid groups (broad SMARTS) is 1. The molecular weight excluding hydrogens is 324 g/mol. The summed E-state index contributed by atoms with van der Waals surface area (Å²) in [7, 11) is 0. The zero-order chi connectivity index (χ0) is 18.7. The van der Waals surface area contributed by atoms with Crippen LogP contribution in [0.25, 0.3) is 0 Å². The van der Waals surface area contributed by atoms with Gasteiger partial charge in [-0.1, -0.05) is 54.1 Å². The molecule has 0 bridgehead atoms. The monoisotopic (exact) mass is 348 g/mol. The van der Waals surface area contributed by atoms with E-state index in [1.807, 2.05) is 67.3 Å². The van der Waals surface area contributed by atoms with Crippen molar-refractivity contribution in [3.05, 3.63) is 70.8 Å². The summed E-state index contributed by atoms with van der Waals surface area (Å²) in [5.74, 6) is -0.831. The first kappa shape index (κ1) is 18.2. The minimum Gasteiger partial charge on any atom is -0.480 e. The van der Waals surface area contributed by atoms with E-state index in [2.05, 4.69) is 6.07 Å². The molecule has 0 spiro atoms. The highest BCUT2D eigenvalue weighted by Gasteiger charge is 2.40. The third-order valence-corrected chi connectivity index (χ3v) is 5.52. The molecule has 0 amide bonds. The van der Waals surface area contributed by atoms with E-state index < -0.39 is 17.4 Å². The fraction of sp³-hybridized carbons (Fsp3) is 0.364. The van der Waals surface area contributed by atoms with E-state index >= 15 is 0 Å². The number of carbonyl (C=O) groups is 1. The zero-order valence-electron chi connectivity index (χ0n) is 15.3. The lowest BCUT2D eigenvalue weighted by atomic mass is 9.73. The molecule has 1 N–H and O–H groups in total. The number of hydrogen-bond donors (Lipinski definition) is 1. The summed E-state index contributed by atoms with van der Waals surface area (Å²) in [6, 6.07) is 17.7. The first-order valence-corrected chi connectivity index (χ1v) is 8.98. The normalized spacial score (nSPS) is 18.0. The molecule has 0 saturated carbocycles. The second-order valence-corrected chi connectivity index (χ2v) is 7.20. The predicted octanol–water partition coefficient (Wildman–Crippen LogP) is 3.99. The highest BCUT2D eigenvalue weighted by molar-refractivity contribution is 5.76. The fourth-order valence-corrected chi connectivity index (χ4v) is 3.93. The molecule has 1 fully saturated rings. The Bertz CT molecular complexity index is 831. The lowest BCUT2D eigenvalue weighted by molar-refractivity contribution is -0.144. The number of nitrogens with zero attached hydrogens (tertiary/aromatic N) is 2. The second kappa shape index (κ2) is 7.31. The minimum atomic E-state index is -0.831. The van der Waals surface area contributed by atoms with Crippen LogP contribution in [-0.4, -0.2) is 29.1 Å². The maximum Gasteiger partial charge on any atom is 0.325 e. The topological polar surface area (TPSA) is 64.3 Å². The van der Waals surface area contributed by atoms with Gasteiger partial charge >= 0.3 is 5.97 Å². The summed E-state index contributed by atoms with van der Waals surface area (Å²) in [4.78, 5) is 14.1. The number of nitriles is 1. The first-order chi connectivity index (χ1) is 12.5. The van der Waals surface area contributed by atoms with Crippen LogP contribution in [0, 0.1) is 25.2 Å². The van der Waals surface area contributed by atoms with E-state index in [1.165, 1.54) is 0 Å². The van der Waals surface area contributed by atoms with Gasteiger partial charge in [-0.05, 0) is 43.4 Å². The zero-order valence-corrected chi connectivity index (χ0v) is 15.3. The molecule has 3 rings (SSSR count). The molecule has 0 aromatic heterocycles. The first-order valence-electron chi connectivity index (χ1n) is 8.98. The van der Waals surface area contributed by atoms with Gasteiger partial charge in [0.05, 0.1) is 11.5 Å². The van der Waals surface area contributed by atoms with E-state index in [1.54, 1.807) is 0 Å². The summed E-state index contributed by atoms with van der Waals surface area (Å²) in [6.07, 6.45) is 1.28. The van der Waals surface area contributed by atoms with Gasteiger partial charge in [0.15, 0.2) is 0 Å². The van der Waals surface area contributed by atoms with Crippen LogP contribution in [0.3, 0.4) is 0 Å². The van der Waals surface area contributed by atoms with Crippen LogP contribution >= 0.6 is 0 Å². The minimum absolute atomic E-state index is 0.525. The van der Waals surface area contributed by atoms with Crippen LogP contribution in [-0.2, 0) is 10.2 Å². The maximum absolute atomic E-state index is 12.1. The quantitative estimate of drug-likeness (QED) is 0.907. The van der Waals surface area contributed by atoms with E-state index in [0.717, 1.165) is 22.3 Å². The predicted molar refractivity (Wildman–Crippen MR) is 101 cm³/mol. The van der Waals surface area contributed by atoms with Crippen LogP contribution in [0.1, 0.15) is 41.1 Å². The number of aryl methyl sites for hydroxylation is 2. The Kier molecular flexibility index (Phi) is 5.11. The van der Waals surface area contributed by atoms with Crippen molar-refractivity contribution in [3.8, 4) is 6.07 Å². The summed E-state index contributed by atoms with van der Waals surface area (Å²) >= 11 is 0. The van der Waals surface area contributed by atoms with Crippen LogP contribution in [0.4, 0.5) is 0 Å². The van der Waals surface area contributed by atoms with Gasteiger partial charge in [0.1, 0.15) is 6.04 Å². The third kappa shape index (κ3) is 3.36. The van der Waals surface area contributed by atoms with Gasteiger partial charge < -0.3 is 5.11 Å². The molecule has 0 aliphatic carbocycles. The van der Waals surface area contributed by atoms with Gasteiger partial charge in [0.25, 0.3) is 0 Å². The number of benzene rings is 2. The van der Waals surface area contributed by atoms with Crippen molar-refractivity contribution in [1.29, 1.82) is 5.26 Å². The van der Waals surface area contributed by atoms with Crippen molar-refractivity contribution < 1.29 is 9.90 Å². The summed E-state index contributed by atoms with van der Waals surface area (Å²) in [5, 5.41) is 19.7. The van der Waals surface area contributed by atoms with Crippen LogP contribution < -0.4 is 0 Å². The van der Waals surface area contributed by atoms with Crippen molar-refractivity contribution in [2.24, 2.45) is 0 Å². The molecule has 134 valence electrons. The van der Waals surface area contributed by atoms with Crippen molar-refractivity contribution in [2.45, 2.75) is 38.1 Å². The number of likely N-dealkylation sites (tertiary alicyclic amines) is 1. The third-order valence-electron chi connectivity index (χ3n) is 5.52. The molecule has 26 heavy (non-hydrogen) atoms. The van der Waals surface area contributed by atoms with Gasteiger partial charge in [-0.2, -0.15) is 5.26 Å². The van der Waals surface area contributed by atoms with Gasteiger partial charge in [-0.3, -0.25) is 9.69 Å². The molecule has 4 heteroatoms. The molecule has 2 aromatic rings. The molecule has 1 aliphatic rings. The Morgan fingerprint density at radius 3 is 2.38 bits per heavy atom. The molecule has 4 nitrogen and oxygen atoms in total. The van der Waals surface area contributed by atoms with E-state index in [9.17, 15) is 15.2 Å². The summed E-state index contributed by atoms with van der Waals surface area (Å²) in [5.41, 5.74) is 3.40. The van der Waals surface area contributed by atoms with Gasteiger partial charge in [0.2, 0.25) is 0 Å². The van der Waals surface area contributed by atoms with Crippen LogP contribution in [0.15, 0.2) is 48.5 Å². The smallest absolute Gasteiger partial charge is 0.325 e. The lowest BCUT2D eigenvalue weighted by Crippen LogP contribution is -2.45. The Morgan fingerprint density at radius 2 is 1.81 bits per heavy atom. The Balaban J connectivity index is 1.86. The molecule has 1 saturated heterocycles. The molecule has 1 heterocycles. The highest BCUT2D eigenvalue weighted by atomic mass is 16.4. The van der Waals surface area contributed by atoms with Crippen molar-refractivity contribution in [3.63, 3.8) is 0 Å². The van der Waals surface area contributed by atoms with Gasteiger partial charge in [-0.15, -0.1) is 0 Å². The average Bonchev–Trinajstić information content (AvgIpc) is 2.66. The number of piperidine rings is 1. The number of rotatable bonds is 4. The second-order valence-electron chi connectivity index (χ2n) is 7.20. The number of aliphatic carboxylic acids is 1. The van der Waals surface area contributed by atoms with Crippen molar-refractivity contribution >= 4 is 5.97 Å². The van der Waals surface area contributed by atoms with E-state index in [4.69, 9.17) is 0 Å². The molecule has 0 radical (unpaired) electrons. The van der Waals surface area contributed by atoms with Gasteiger partial charge in [-0.25, -0.2) is 0 Å². The fourth-order valence-electron chi connectivity index (χ4n) is 3.93. The number of carboxylic acids is 1. The molecule has 2 aromatic carbocycles. The molecule has 1 unspecified atom stereocenters. The Labute approximate surface area is 154 Å². The van der Waals surface area contributed by atoms with E-state index in [-0.39, 0.29) is 0 Å². The van der Waals surface area contributed by atoms with Crippen molar-refractivity contribution in [2.75, 3.05) is 13.1 Å². The Morgan fingerprint density at radius 1 is 1.15 bits per heavy atom. The molecule has 1 atom stereocenters. The highest BCUT2D eigenvalue weighted by Crippen LogP contribution is 2.38. The van der Waals surface area contributed by atoms with Crippen molar-refractivity contribution in [1.82, 2.24) is 4.90 Å². The molecular formula is C22H24N2O2. The molecule has 1 aliphatic heterocycles. The van der Waals surface area contributed by atoms with E-state index in [0.29, 0.717) is 25.9 Å². The van der Waals surface area contributed by atoms with Crippen LogP contribution in [0.5, 0.6) is 0 Å². The SMILES string of the molecule is Cc1ccc(C)c(C(C(=O)O)N2CCC(C#N)(c3ccccc3)CC2)c1. The maximum atomic E-state index is 12.1. The largest absolute Gasteiger partial charge is 0.480 e. The standard InChI is InChI=1S/C22H24N2O2/c1-16-8-9-17(2)19(14-16)20(21(25)26)24-12-10-22(15-23,11-13-24)18-6-4-3-5-7-18/h3-9,14,20H,10-13H2,1-2H3,(H,25,26). The number of hydrogen-bond acceptors (Lipinski definition) is 3. The average molecular weight is 348 g/mol.